The van der Waals surface area contributed by atoms with E-state index in [0.29, 0.717) is 17.8 Å². The van der Waals surface area contributed by atoms with Crippen LogP contribution in [0.3, 0.4) is 0 Å². The van der Waals surface area contributed by atoms with E-state index in [1.807, 2.05) is 0 Å². The fourth-order valence-corrected chi connectivity index (χ4v) is 2.80. The zero-order valence-electron chi connectivity index (χ0n) is 14.0. The van der Waals surface area contributed by atoms with E-state index in [1.54, 1.807) is 30.3 Å². The minimum atomic E-state index is -0.446. The van der Waals surface area contributed by atoms with E-state index < -0.39 is 5.91 Å². The first-order valence-corrected chi connectivity index (χ1v) is 8.68. The molecule has 1 atom stereocenters. The largest absolute Gasteiger partial charge is 0.459 e. The molecule has 136 valence electrons. The maximum absolute atomic E-state index is 12.3. The van der Waals surface area contributed by atoms with Crippen molar-refractivity contribution < 1.29 is 18.7 Å². The summed E-state index contributed by atoms with van der Waals surface area (Å²) >= 11 is 5.12. The Bertz CT molecular complexity index is 785. The van der Waals surface area contributed by atoms with Gasteiger partial charge in [-0.1, -0.05) is 6.07 Å². The lowest BCUT2D eigenvalue weighted by molar-refractivity contribution is 0.0857. The van der Waals surface area contributed by atoms with Gasteiger partial charge in [-0.2, -0.15) is 0 Å². The summed E-state index contributed by atoms with van der Waals surface area (Å²) in [6.45, 7) is 1.25. The summed E-state index contributed by atoms with van der Waals surface area (Å²) in [6.07, 6.45) is 3.49. The van der Waals surface area contributed by atoms with E-state index in [-0.39, 0.29) is 22.9 Å². The van der Waals surface area contributed by atoms with E-state index >= 15 is 0 Å². The standard InChI is InChI=1S/C18H19N3O4S/c22-16(19-11-14-6-2-8-24-14)12-4-1-5-13(10-12)20-18(26)21-17(23)15-7-3-9-25-15/h1,3-5,7,9-10,14H,2,6,8,11H2,(H,19,22)(H2,20,21,23,26)/t14-/m0/s1. The zero-order chi connectivity index (χ0) is 18.4. The van der Waals surface area contributed by atoms with Gasteiger partial charge in [-0.15, -0.1) is 0 Å². The number of hydrogen-bond donors (Lipinski definition) is 3. The molecule has 7 nitrogen and oxygen atoms in total. The van der Waals surface area contributed by atoms with Crippen molar-refractivity contribution >= 4 is 34.8 Å². The number of rotatable bonds is 5. The van der Waals surface area contributed by atoms with Crippen LogP contribution in [0.5, 0.6) is 0 Å². The minimum absolute atomic E-state index is 0.0876. The molecule has 3 rings (SSSR count). The Kier molecular flexibility index (Phi) is 5.98. The SMILES string of the molecule is O=C(NC[C@@H]1CCCO1)c1cccc(NC(=S)NC(=O)c2ccco2)c1. The van der Waals surface area contributed by atoms with Gasteiger partial charge in [0.15, 0.2) is 10.9 Å². The average Bonchev–Trinajstić information content (AvgIpc) is 3.33. The van der Waals surface area contributed by atoms with E-state index in [2.05, 4.69) is 16.0 Å². The van der Waals surface area contributed by atoms with Gasteiger partial charge in [-0.05, 0) is 55.4 Å². The molecule has 1 aromatic carbocycles. The Morgan fingerprint density at radius 2 is 2.08 bits per heavy atom. The van der Waals surface area contributed by atoms with Gasteiger partial charge in [0, 0.05) is 24.4 Å². The highest BCUT2D eigenvalue weighted by Gasteiger charge is 2.17. The molecule has 26 heavy (non-hydrogen) atoms. The van der Waals surface area contributed by atoms with Gasteiger partial charge in [0.2, 0.25) is 0 Å². The molecule has 2 heterocycles. The summed E-state index contributed by atoms with van der Waals surface area (Å²) in [6, 6.07) is 10.0. The van der Waals surface area contributed by atoms with Gasteiger partial charge in [-0.3, -0.25) is 14.9 Å². The van der Waals surface area contributed by atoms with Crippen LogP contribution in [0.1, 0.15) is 33.8 Å². The molecule has 1 aliphatic rings. The van der Waals surface area contributed by atoms with Crippen LogP contribution in [-0.2, 0) is 4.74 Å². The predicted molar refractivity (Wildman–Crippen MR) is 100 cm³/mol. The molecule has 8 heteroatoms. The highest BCUT2D eigenvalue weighted by Crippen LogP contribution is 2.13. The van der Waals surface area contributed by atoms with Gasteiger partial charge >= 0.3 is 0 Å². The molecule has 1 fully saturated rings. The summed E-state index contributed by atoms with van der Waals surface area (Å²) in [5, 5.41) is 8.37. The topological polar surface area (TPSA) is 92.6 Å². The number of benzene rings is 1. The van der Waals surface area contributed by atoms with Crippen LogP contribution >= 0.6 is 12.2 Å². The van der Waals surface area contributed by atoms with Crippen molar-refractivity contribution in [1.29, 1.82) is 0 Å². The molecule has 3 N–H and O–H groups in total. The second-order valence-corrected chi connectivity index (χ2v) is 6.22. The molecule has 2 amide bonds. The van der Waals surface area contributed by atoms with Crippen LogP contribution in [0, 0.1) is 0 Å². The number of amides is 2. The first-order chi connectivity index (χ1) is 12.6. The fourth-order valence-electron chi connectivity index (χ4n) is 2.59. The summed E-state index contributed by atoms with van der Waals surface area (Å²) in [5.41, 5.74) is 1.09. The molecule has 0 spiro atoms. The number of furan rings is 1. The third-order valence-corrected chi connectivity index (χ3v) is 4.07. The van der Waals surface area contributed by atoms with Crippen molar-refractivity contribution in [3.8, 4) is 0 Å². The van der Waals surface area contributed by atoms with Crippen molar-refractivity contribution in [1.82, 2.24) is 10.6 Å². The van der Waals surface area contributed by atoms with Crippen molar-refractivity contribution in [2.75, 3.05) is 18.5 Å². The molecule has 1 aliphatic heterocycles. The number of carbonyl (C=O) groups is 2. The molecule has 0 unspecified atom stereocenters. The molecule has 0 saturated carbocycles. The normalized spacial score (nSPS) is 16.1. The van der Waals surface area contributed by atoms with Crippen LogP contribution in [-0.4, -0.2) is 36.2 Å². The monoisotopic (exact) mass is 373 g/mol. The van der Waals surface area contributed by atoms with E-state index in [0.717, 1.165) is 19.4 Å². The van der Waals surface area contributed by atoms with Gasteiger partial charge in [0.1, 0.15) is 0 Å². The molecule has 1 aromatic heterocycles. The van der Waals surface area contributed by atoms with Crippen molar-refractivity contribution in [3.05, 3.63) is 54.0 Å². The number of anilines is 1. The zero-order valence-corrected chi connectivity index (χ0v) is 14.8. The second kappa shape index (κ2) is 8.59. The molecule has 1 saturated heterocycles. The Morgan fingerprint density at radius 3 is 2.81 bits per heavy atom. The maximum atomic E-state index is 12.3. The maximum Gasteiger partial charge on any atom is 0.293 e. The summed E-state index contributed by atoms with van der Waals surface area (Å²) in [5.74, 6) is -0.468. The molecule has 0 radical (unpaired) electrons. The average molecular weight is 373 g/mol. The Labute approximate surface area is 156 Å². The van der Waals surface area contributed by atoms with Crippen LogP contribution < -0.4 is 16.0 Å². The van der Waals surface area contributed by atoms with E-state index in [9.17, 15) is 9.59 Å². The molecular formula is C18H19N3O4S. The van der Waals surface area contributed by atoms with Crippen LogP contribution in [0.2, 0.25) is 0 Å². The third-order valence-electron chi connectivity index (χ3n) is 3.87. The van der Waals surface area contributed by atoms with Crippen LogP contribution in [0.15, 0.2) is 47.1 Å². The van der Waals surface area contributed by atoms with Gasteiger partial charge in [-0.25, -0.2) is 0 Å². The lowest BCUT2D eigenvalue weighted by Gasteiger charge is -2.12. The van der Waals surface area contributed by atoms with Gasteiger partial charge in [0.05, 0.1) is 12.4 Å². The molecule has 0 bridgehead atoms. The van der Waals surface area contributed by atoms with Gasteiger partial charge in [0.25, 0.3) is 11.8 Å². The number of nitrogens with one attached hydrogen (secondary N) is 3. The minimum Gasteiger partial charge on any atom is -0.459 e. The summed E-state index contributed by atoms with van der Waals surface area (Å²) in [4.78, 5) is 24.1. The predicted octanol–water partition coefficient (Wildman–Crippen LogP) is 2.32. The van der Waals surface area contributed by atoms with E-state index in [1.165, 1.54) is 12.3 Å². The van der Waals surface area contributed by atoms with Crippen molar-refractivity contribution in [3.63, 3.8) is 0 Å². The highest BCUT2D eigenvalue weighted by molar-refractivity contribution is 7.80. The lowest BCUT2D eigenvalue weighted by Crippen LogP contribution is -2.34. The fraction of sp³-hybridized carbons (Fsp3) is 0.278. The Balaban J connectivity index is 1.53. The Hall–Kier alpha value is -2.71. The Morgan fingerprint density at radius 1 is 1.19 bits per heavy atom. The number of thiocarbonyl (C=S) groups is 1. The number of ether oxygens (including phenoxy) is 1. The first-order valence-electron chi connectivity index (χ1n) is 8.27. The molecule has 2 aromatic rings. The lowest BCUT2D eigenvalue weighted by atomic mass is 10.1. The smallest absolute Gasteiger partial charge is 0.293 e. The van der Waals surface area contributed by atoms with Crippen molar-refractivity contribution in [2.24, 2.45) is 0 Å². The van der Waals surface area contributed by atoms with Crippen LogP contribution in [0.4, 0.5) is 5.69 Å². The summed E-state index contributed by atoms with van der Waals surface area (Å²) in [7, 11) is 0. The van der Waals surface area contributed by atoms with Crippen molar-refractivity contribution in [2.45, 2.75) is 18.9 Å². The molecular weight excluding hydrogens is 354 g/mol. The quantitative estimate of drug-likeness (QED) is 0.697. The van der Waals surface area contributed by atoms with E-state index in [4.69, 9.17) is 21.4 Å². The first kappa shape index (κ1) is 18.1. The number of hydrogen-bond acceptors (Lipinski definition) is 5. The van der Waals surface area contributed by atoms with Crippen LogP contribution in [0.25, 0.3) is 0 Å². The second-order valence-electron chi connectivity index (χ2n) is 5.81. The molecule has 0 aliphatic carbocycles. The number of carbonyl (C=O) groups excluding carboxylic acids is 2. The summed E-state index contributed by atoms with van der Waals surface area (Å²) < 4.78 is 10.5. The third kappa shape index (κ3) is 4.90. The van der Waals surface area contributed by atoms with Gasteiger partial charge < -0.3 is 19.8 Å². The highest BCUT2D eigenvalue weighted by atomic mass is 32.1.